The zero-order chi connectivity index (χ0) is 97.1. The minimum absolute atomic E-state index is 0. The van der Waals surface area contributed by atoms with Crippen molar-refractivity contribution in [2.45, 2.75) is 261 Å². The summed E-state index contributed by atoms with van der Waals surface area (Å²) in [7, 11) is -1.72. The number of rotatable bonds is 22. The molecule has 0 amide bonds. The summed E-state index contributed by atoms with van der Waals surface area (Å²) in [5.41, 5.74) is 57.5. The molecule has 6 rings (SSSR count). The maximum absolute atomic E-state index is 11.0. The van der Waals surface area contributed by atoms with Gasteiger partial charge >= 0.3 is 29.8 Å². The number of benzene rings is 5. The van der Waals surface area contributed by atoms with Crippen LogP contribution in [-0.4, -0.2) is 83.3 Å². The van der Waals surface area contributed by atoms with E-state index >= 15 is 0 Å². The van der Waals surface area contributed by atoms with Crippen molar-refractivity contribution in [3.05, 3.63) is 333 Å². The molecule has 0 unspecified atom stereocenters. The summed E-state index contributed by atoms with van der Waals surface area (Å²) >= 11 is 0. The van der Waals surface area contributed by atoms with E-state index in [1.807, 2.05) is 126 Å². The standard InChI is InChI=1S/C26H12.C16H14O2.C9H10O2.C9H12O.C8H10.C7H16O2Si.C7H18Si.C6H12O2.C5H8O2.C5H12.C5H10.C3H6O.C3H8.C2H6.3H2/c1-5-8-11-14-17-20-23-26(24-21-18-15-12-9-6-2)25(4)22-19-16-13-10-7-3;1-11(17)18-10-16-14-8-4-2-6-12(14)13-7-3-5-9-15(13)16;1-8(10)11-7-9-5-3-2-4-6-9;1-2-8-3-5-9(7-10)6-4-8;1-2-8-6-4-3-5-7-8;1-7(8)9-5-6-10(2,3)4;1-7(2)6-8(3,4)5;1-5(2)4-8-6(3)7;1-3-4-7-5(2)6;1-4-5(2)3;1-3-5-4-2;1-3(2)4;1-3-2;1-2;;;/h23-24,26H,1-3H2,4H3;2-9,16H,10H2,1H3;2-6H,7H2,1H3;3-6,10H,2,7H2,1H3;3-7H,2H2,1H3;5-6H2,1-4H3;7H,6H2,1-5H3;5H,4H2,1-3H3;3H,1,4H2,2H3;5H,4H2,1-3H3;3H,1,4-5H2,2H3;1-2H3;3H2,1-2H3;1-2H3;3*1H. The molecule has 1 aliphatic carbocycles. The lowest BCUT2D eigenvalue weighted by Crippen LogP contribution is -2.22. The molecule has 1 N–H and O–H groups in total. The van der Waals surface area contributed by atoms with Gasteiger partial charge in [0.1, 0.15) is 25.6 Å². The number of hydrogen-bond donors (Lipinski definition) is 1. The van der Waals surface area contributed by atoms with Crippen LogP contribution >= 0.6 is 0 Å². The summed E-state index contributed by atoms with van der Waals surface area (Å²) in [6.07, 6.45) is 14.1. The van der Waals surface area contributed by atoms with E-state index in [4.69, 9.17) is 19.3 Å². The van der Waals surface area contributed by atoms with Crippen molar-refractivity contribution in [1.29, 1.82) is 0 Å². The van der Waals surface area contributed by atoms with Crippen LogP contribution < -0.4 is 0 Å². The number of aryl methyl sites for hydroxylation is 2. The monoisotopic (exact) mass is 1740 g/mol. The summed E-state index contributed by atoms with van der Waals surface area (Å²) in [5, 5.41) is 8.70. The second-order valence-corrected chi connectivity index (χ2v) is 41.7. The van der Waals surface area contributed by atoms with E-state index < -0.39 is 16.1 Å². The predicted molar refractivity (Wildman–Crippen MR) is 538 cm³/mol. The Morgan fingerprint density at radius 2 is 0.816 bits per heavy atom. The Bertz CT molecular complexity index is 4420. The maximum Gasteiger partial charge on any atom is 0.302 e. The van der Waals surface area contributed by atoms with Crippen molar-refractivity contribution in [3.8, 4) is 11.1 Å². The Morgan fingerprint density at radius 1 is 0.448 bits per heavy atom. The van der Waals surface area contributed by atoms with Crippen LogP contribution in [0, 0.1) is 23.7 Å². The molecule has 5 aromatic carbocycles. The van der Waals surface area contributed by atoms with Gasteiger partial charge in [0.2, 0.25) is 0 Å². The number of unbranched alkanes of at least 4 members (excludes halogenated alkanes) is 1. The molecular weight excluding hydrogens is 1580 g/mol. The Labute approximate surface area is 764 Å². The number of hydrogen-bond acceptors (Lipinski definition) is 12. The van der Waals surface area contributed by atoms with Gasteiger partial charge in [-0.15, -0.1) is 6.58 Å². The SMILES string of the molecule is C=C=C=C=C=C=C=CC(C=C=C=C=C=C=C=C)C(C)=C=C=C=C=C=C=C.C=CCCC.C=CCOC(C)=O.CC.CC(=O)OCC(C)C.CC(=O)OCC1c2ccccc2-c2ccccc21.CC(=O)OCC[Si](C)(C)C.CC(=O)OCc1ccccc1.CC(C)=O.CC(C)C[Si](C)(C)C.CCC.CCC(C)C.CCc1ccc(CO)cc1.CCc1ccccc1.[HH].[HH].[HH]. The van der Waals surface area contributed by atoms with Gasteiger partial charge in [-0.2, -0.15) is 0 Å². The van der Waals surface area contributed by atoms with Crippen LogP contribution in [0.5, 0.6) is 0 Å². The average Bonchev–Trinajstić information content (AvgIpc) is 1.62. The number of esters is 5. The third-order valence-corrected chi connectivity index (χ3v) is 18.1. The molecule has 5 aromatic rings. The van der Waals surface area contributed by atoms with Crippen LogP contribution in [-0.2, 0) is 78.5 Å². The average molecular weight is 1740 g/mol. The third kappa shape index (κ3) is 101. The van der Waals surface area contributed by atoms with Crippen LogP contribution in [0.1, 0.15) is 222 Å². The van der Waals surface area contributed by atoms with Crippen molar-refractivity contribution >= 4 is 51.8 Å². The second kappa shape index (κ2) is 91.5. The van der Waals surface area contributed by atoms with Crippen LogP contribution in [0.4, 0.5) is 0 Å². The first-order valence-electron chi connectivity index (χ1n) is 42.8. The van der Waals surface area contributed by atoms with Gasteiger partial charge in [0.25, 0.3) is 0 Å². The topological polar surface area (TPSA) is 169 Å². The molecule has 12 nitrogen and oxygen atoms in total. The summed E-state index contributed by atoms with van der Waals surface area (Å²) in [6.45, 7) is 75.4. The number of aliphatic hydroxyl groups is 1. The van der Waals surface area contributed by atoms with Gasteiger partial charge in [-0.3, -0.25) is 24.0 Å². The fourth-order valence-corrected chi connectivity index (χ4v) is 11.7. The molecule has 125 heavy (non-hydrogen) atoms. The van der Waals surface area contributed by atoms with Crippen LogP contribution in [0.3, 0.4) is 0 Å². The number of fused-ring (bicyclic) bond motifs is 3. The normalized spacial score (nSPS) is 9.22. The molecular formula is C111H160O12Si2. The molecule has 0 atom stereocenters. The first-order chi connectivity index (χ1) is 59.2. The van der Waals surface area contributed by atoms with Gasteiger partial charge in [-0.1, -0.05) is 348 Å². The van der Waals surface area contributed by atoms with E-state index in [0.29, 0.717) is 39.0 Å². The highest BCUT2D eigenvalue weighted by atomic mass is 28.3. The number of carbonyl (C=O) groups excluding carboxylic acids is 6. The Hall–Kier alpha value is -11.7. The third-order valence-electron chi connectivity index (χ3n) is 14.3. The maximum atomic E-state index is 11.0. The number of aliphatic hydroxyl groups excluding tert-OH is 1. The number of Topliss-reactive ketones (excluding diaryl/α,β-unsaturated/α-hetero) is 1. The van der Waals surface area contributed by atoms with Crippen molar-refractivity contribution in [2.24, 2.45) is 23.7 Å². The van der Waals surface area contributed by atoms with E-state index in [9.17, 15) is 28.8 Å². The van der Waals surface area contributed by atoms with E-state index in [2.05, 4.69) is 303 Å². The highest BCUT2D eigenvalue weighted by molar-refractivity contribution is 6.76. The van der Waals surface area contributed by atoms with Gasteiger partial charge in [0.05, 0.1) is 19.8 Å². The van der Waals surface area contributed by atoms with E-state index in [1.165, 1.54) is 113 Å². The highest BCUT2D eigenvalue weighted by Gasteiger charge is 2.28. The van der Waals surface area contributed by atoms with Gasteiger partial charge in [0.15, 0.2) is 0 Å². The fourth-order valence-electron chi connectivity index (χ4n) is 8.55. The smallest absolute Gasteiger partial charge is 0.302 e. The fraction of sp³-hybridized carbons (Fsp3) is 0.423. The van der Waals surface area contributed by atoms with E-state index in [-0.39, 0.29) is 58.4 Å². The molecule has 0 radical (unpaired) electrons. The first-order valence-corrected chi connectivity index (χ1v) is 50.2. The lowest BCUT2D eigenvalue weighted by molar-refractivity contribution is -0.143. The Morgan fingerprint density at radius 3 is 1.10 bits per heavy atom. The number of carbonyl (C=O) groups is 6. The van der Waals surface area contributed by atoms with Gasteiger partial charge in [0, 0.05) is 66.9 Å². The lowest BCUT2D eigenvalue weighted by atomic mass is 9.98. The highest BCUT2D eigenvalue weighted by Crippen LogP contribution is 2.44. The summed E-state index contributed by atoms with van der Waals surface area (Å²) in [4.78, 5) is 61.2. The molecule has 0 aliphatic heterocycles. The minimum Gasteiger partial charge on any atom is -0.466 e. The van der Waals surface area contributed by atoms with E-state index in [0.717, 1.165) is 53.8 Å². The van der Waals surface area contributed by atoms with Crippen molar-refractivity contribution in [1.82, 2.24) is 0 Å². The number of allylic oxidation sites excluding steroid dienone is 4. The molecule has 684 valence electrons. The zero-order valence-electron chi connectivity index (χ0n) is 81.8. The first kappa shape index (κ1) is 129. The second-order valence-electron chi connectivity index (χ2n) is 30.5. The predicted octanol–water partition coefficient (Wildman–Crippen LogP) is 29.1. The zero-order valence-corrected chi connectivity index (χ0v) is 83.8. The van der Waals surface area contributed by atoms with Crippen LogP contribution in [0.15, 0.2) is 299 Å². The van der Waals surface area contributed by atoms with Crippen molar-refractivity contribution in [3.63, 3.8) is 0 Å². The van der Waals surface area contributed by atoms with Crippen LogP contribution in [0.2, 0.25) is 51.4 Å². The lowest BCUT2D eigenvalue weighted by Gasteiger charge is -2.17. The van der Waals surface area contributed by atoms with Gasteiger partial charge in [-0.05, 0) is 215 Å². The Balaban J connectivity index is -0.000000134. The molecule has 0 heterocycles. The molecule has 14 heteroatoms. The molecule has 0 fully saturated rings. The quantitative estimate of drug-likeness (QED) is 0.0229. The largest absolute Gasteiger partial charge is 0.466 e. The molecule has 0 bridgehead atoms. The van der Waals surface area contributed by atoms with Crippen LogP contribution in [0.25, 0.3) is 11.1 Å². The Kier molecular flexibility index (Phi) is 94.3. The van der Waals surface area contributed by atoms with E-state index in [1.54, 1.807) is 12.2 Å². The summed E-state index contributed by atoms with van der Waals surface area (Å²) in [5.74, 6) is 1.28. The molecule has 1 aliphatic rings. The molecule has 0 saturated heterocycles. The number of ketones is 1. The van der Waals surface area contributed by atoms with Crippen molar-refractivity contribution in [2.75, 3.05) is 26.4 Å². The van der Waals surface area contributed by atoms with Gasteiger partial charge in [-0.25, -0.2) is 0 Å². The molecule has 0 spiro atoms. The van der Waals surface area contributed by atoms with Gasteiger partial charge < -0.3 is 33.6 Å². The summed E-state index contributed by atoms with van der Waals surface area (Å²) < 4.78 is 23.9. The minimum atomic E-state index is -1.00. The van der Waals surface area contributed by atoms with Crippen molar-refractivity contribution < 1.29 is 61.8 Å². The summed E-state index contributed by atoms with van der Waals surface area (Å²) in [6, 6.07) is 47.2. The number of ether oxygens (including phenoxy) is 5. The molecule has 0 aromatic heterocycles. The molecule has 0 saturated carbocycles.